The Morgan fingerprint density at radius 3 is 2.88 bits per heavy atom. The van der Waals surface area contributed by atoms with E-state index >= 15 is 0 Å². The van der Waals surface area contributed by atoms with Crippen LogP contribution in [0.5, 0.6) is 0 Å². The van der Waals surface area contributed by atoms with Crippen LogP contribution in [0.15, 0.2) is 24.3 Å². The minimum atomic E-state index is -0.238. The van der Waals surface area contributed by atoms with Crippen LogP contribution in [0.4, 0.5) is 5.69 Å². The predicted octanol–water partition coefficient (Wildman–Crippen LogP) is 0.965. The van der Waals surface area contributed by atoms with E-state index in [1.54, 1.807) is 0 Å². The van der Waals surface area contributed by atoms with Gasteiger partial charge in [-0.2, -0.15) is 0 Å². The van der Waals surface area contributed by atoms with E-state index in [4.69, 9.17) is 9.47 Å². The number of anilines is 1. The molecule has 84 valence electrons. The Kier molecular flexibility index (Phi) is 2.29. The number of esters is 1. The van der Waals surface area contributed by atoms with Gasteiger partial charge in [-0.05, 0) is 11.6 Å². The first kappa shape index (κ1) is 9.66. The summed E-state index contributed by atoms with van der Waals surface area (Å²) in [5.41, 5.74) is 2.21. The molecule has 0 aliphatic carbocycles. The monoisotopic (exact) mass is 219 g/mol. The van der Waals surface area contributed by atoms with Gasteiger partial charge >= 0.3 is 5.97 Å². The molecule has 1 aromatic carbocycles. The van der Waals surface area contributed by atoms with Gasteiger partial charge in [0, 0.05) is 12.1 Å². The van der Waals surface area contributed by atoms with E-state index in [9.17, 15) is 4.79 Å². The molecule has 2 aliphatic heterocycles. The zero-order valence-corrected chi connectivity index (χ0v) is 8.81. The molecule has 4 heteroatoms. The van der Waals surface area contributed by atoms with Gasteiger partial charge < -0.3 is 14.8 Å². The Hall–Kier alpha value is -1.55. The molecule has 0 saturated carbocycles. The van der Waals surface area contributed by atoms with Crippen LogP contribution in [0.1, 0.15) is 5.56 Å². The Balaban J connectivity index is 1.64. The number of hydrogen-bond acceptors (Lipinski definition) is 4. The highest BCUT2D eigenvalue weighted by molar-refractivity contribution is 5.83. The lowest BCUT2D eigenvalue weighted by atomic mass is 10.1. The van der Waals surface area contributed by atoms with Crippen molar-refractivity contribution in [2.75, 3.05) is 18.5 Å². The largest absolute Gasteiger partial charge is 0.456 e. The number of rotatable bonds is 2. The molecule has 2 aliphatic rings. The molecule has 4 nitrogen and oxygen atoms in total. The van der Waals surface area contributed by atoms with Crippen LogP contribution in [-0.2, 0) is 20.7 Å². The highest BCUT2D eigenvalue weighted by Crippen LogP contribution is 2.26. The lowest BCUT2D eigenvalue weighted by Gasteiger charge is -2.26. The first-order valence-electron chi connectivity index (χ1n) is 5.45. The van der Waals surface area contributed by atoms with Crippen LogP contribution in [-0.4, -0.2) is 31.3 Å². The summed E-state index contributed by atoms with van der Waals surface area (Å²) in [6.45, 7) is 1.07. The topological polar surface area (TPSA) is 47.6 Å². The summed E-state index contributed by atoms with van der Waals surface area (Å²) in [6, 6.07) is 7.71. The van der Waals surface area contributed by atoms with Crippen molar-refractivity contribution in [3.05, 3.63) is 29.8 Å². The van der Waals surface area contributed by atoms with Crippen molar-refractivity contribution in [3.63, 3.8) is 0 Å². The minimum absolute atomic E-state index is 0.0435. The quantitative estimate of drug-likeness (QED) is 0.753. The third-order valence-corrected chi connectivity index (χ3v) is 2.95. The standard InChI is InChI=1S/C12H13NO3/c14-12(16-9-6-15-7-9)11-5-8-3-1-2-4-10(8)13-11/h1-4,9,11,13H,5-7H2/t11-/m0/s1. The second-order valence-corrected chi connectivity index (χ2v) is 4.15. The maximum atomic E-state index is 11.8. The fourth-order valence-corrected chi connectivity index (χ4v) is 1.97. The van der Waals surface area contributed by atoms with Crippen molar-refractivity contribution in [2.45, 2.75) is 18.6 Å². The fraction of sp³-hybridized carbons (Fsp3) is 0.417. The summed E-state index contributed by atoms with van der Waals surface area (Å²) in [4.78, 5) is 11.8. The van der Waals surface area contributed by atoms with E-state index in [1.807, 2.05) is 24.3 Å². The SMILES string of the molecule is O=C(OC1COC1)[C@@H]1Cc2ccccc2N1. The first-order valence-corrected chi connectivity index (χ1v) is 5.45. The second-order valence-electron chi connectivity index (χ2n) is 4.15. The zero-order valence-electron chi connectivity index (χ0n) is 8.81. The lowest BCUT2D eigenvalue weighted by molar-refractivity contribution is -0.172. The Morgan fingerprint density at radius 2 is 2.19 bits per heavy atom. The summed E-state index contributed by atoms with van der Waals surface area (Å²) < 4.78 is 10.2. The number of benzene rings is 1. The molecule has 0 spiro atoms. The van der Waals surface area contributed by atoms with E-state index in [0.29, 0.717) is 19.6 Å². The van der Waals surface area contributed by atoms with E-state index < -0.39 is 0 Å². The van der Waals surface area contributed by atoms with Gasteiger partial charge in [0.15, 0.2) is 0 Å². The molecule has 3 rings (SSSR count). The van der Waals surface area contributed by atoms with Crippen LogP contribution in [0.3, 0.4) is 0 Å². The lowest BCUT2D eigenvalue weighted by Crippen LogP contribution is -2.41. The molecule has 1 fully saturated rings. The van der Waals surface area contributed by atoms with Crippen molar-refractivity contribution < 1.29 is 14.3 Å². The number of hydrogen-bond donors (Lipinski definition) is 1. The summed E-state index contributed by atoms with van der Waals surface area (Å²) in [5.74, 6) is -0.176. The second kappa shape index (κ2) is 3.79. The maximum absolute atomic E-state index is 11.8. The van der Waals surface area contributed by atoms with Gasteiger partial charge in [-0.3, -0.25) is 0 Å². The van der Waals surface area contributed by atoms with Gasteiger partial charge in [0.05, 0.1) is 13.2 Å². The highest BCUT2D eigenvalue weighted by Gasteiger charge is 2.31. The molecular formula is C12H13NO3. The molecule has 0 amide bonds. The average Bonchev–Trinajstić information content (AvgIpc) is 2.66. The van der Waals surface area contributed by atoms with Crippen LogP contribution < -0.4 is 5.32 Å². The molecule has 1 N–H and O–H groups in total. The summed E-state index contributed by atoms with van der Waals surface area (Å²) in [7, 11) is 0. The Labute approximate surface area is 93.5 Å². The molecule has 0 unspecified atom stereocenters. The third-order valence-electron chi connectivity index (χ3n) is 2.95. The van der Waals surface area contributed by atoms with Gasteiger partial charge in [-0.25, -0.2) is 4.79 Å². The number of ether oxygens (including phenoxy) is 2. The van der Waals surface area contributed by atoms with Crippen molar-refractivity contribution in [2.24, 2.45) is 0 Å². The maximum Gasteiger partial charge on any atom is 0.329 e. The highest BCUT2D eigenvalue weighted by atomic mass is 16.6. The smallest absolute Gasteiger partial charge is 0.329 e. The molecule has 2 heterocycles. The molecule has 1 aromatic rings. The number of carbonyl (C=O) groups excluding carboxylic acids is 1. The third kappa shape index (κ3) is 1.65. The normalized spacial score (nSPS) is 23.1. The van der Waals surface area contributed by atoms with E-state index in [2.05, 4.69) is 5.32 Å². The molecule has 0 bridgehead atoms. The van der Waals surface area contributed by atoms with Crippen molar-refractivity contribution in [1.29, 1.82) is 0 Å². The molecule has 1 saturated heterocycles. The van der Waals surface area contributed by atoms with Crippen LogP contribution in [0.25, 0.3) is 0 Å². The van der Waals surface area contributed by atoms with Gasteiger partial charge in [-0.1, -0.05) is 18.2 Å². The molecule has 0 radical (unpaired) electrons. The van der Waals surface area contributed by atoms with E-state index in [0.717, 1.165) is 5.69 Å². The van der Waals surface area contributed by atoms with Gasteiger partial charge in [0.25, 0.3) is 0 Å². The Morgan fingerprint density at radius 1 is 1.38 bits per heavy atom. The number of para-hydroxylation sites is 1. The summed E-state index contributed by atoms with van der Waals surface area (Å²) in [6.07, 6.45) is 0.667. The number of nitrogens with one attached hydrogen (secondary N) is 1. The average molecular weight is 219 g/mol. The van der Waals surface area contributed by atoms with Gasteiger partial charge in [-0.15, -0.1) is 0 Å². The van der Waals surface area contributed by atoms with Gasteiger partial charge in [0.1, 0.15) is 12.1 Å². The zero-order chi connectivity index (χ0) is 11.0. The van der Waals surface area contributed by atoms with Crippen molar-refractivity contribution >= 4 is 11.7 Å². The van der Waals surface area contributed by atoms with Gasteiger partial charge in [0.2, 0.25) is 0 Å². The molecule has 1 atom stereocenters. The summed E-state index contributed by atoms with van der Waals surface area (Å²) >= 11 is 0. The van der Waals surface area contributed by atoms with Crippen molar-refractivity contribution in [3.8, 4) is 0 Å². The fourth-order valence-electron chi connectivity index (χ4n) is 1.97. The van der Waals surface area contributed by atoms with Crippen molar-refractivity contribution in [1.82, 2.24) is 0 Å². The Bertz CT molecular complexity index is 389. The van der Waals surface area contributed by atoms with Crippen LogP contribution in [0.2, 0.25) is 0 Å². The summed E-state index contributed by atoms with van der Waals surface area (Å²) in [5, 5.41) is 3.17. The van der Waals surface area contributed by atoms with Crippen LogP contribution >= 0.6 is 0 Å². The number of fused-ring (bicyclic) bond motifs is 1. The van der Waals surface area contributed by atoms with E-state index in [-0.39, 0.29) is 18.1 Å². The molecule has 0 aromatic heterocycles. The van der Waals surface area contributed by atoms with E-state index in [1.165, 1.54) is 5.56 Å². The minimum Gasteiger partial charge on any atom is -0.456 e. The molecular weight excluding hydrogens is 206 g/mol. The molecule has 16 heavy (non-hydrogen) atoms. The number of carbonyl (C=O) groups is 1. The predicted molar refractivity (Wildman–Crippen MR) is 58.3 cm³/mol. The first-order chi connectivity index (χ1) is 7.83. The van der Waals surface area contributed by atoms with Crippen LogP contribution in [0, 0.1) is 0 Å².